The number of aromatic nitrogens is 3. The highest BCUT2D eigenvalue weighted by molar-refractivity contribution is 6.33. The lowest BCUT2D eigenvalue weighted by atomic mass is 10.0. The van der Waals surface area contributed by atoms with Crippen LogP contribution >= 0.6 is 11.6 Å². The average molecular weight is 443 g/mol. The van der Waals surface area contributed by atoms with E-state index in [1.54, 1.807) is 12.3 Å². The van der Waals surface area contributed by atoms with E-state index in [2.05, 4.69) is 20.3 Å². The fraction of sp³-hybridized carbons (Fsp3) is 0.238. The Bertz CT molecular complexity index is 1200. The molecule has 3 heterocycles. The maximum Gasteiger partial charge on any atom is 0.292 e. The Kier molecular flexibility index (Phi) is 5.82. The van der Waals surface area contributed by atoms with Gasteiger partial charge in [-0.3, -0.25) is 4.79 Å². The number of halogens is 3. The average Bonchev–Trinajstić information content (AvgIpc) is 2.78. The van der Waals surface area contributed by atoms with Crippen molar-refractivity contribution >= 4 is 23.1 Å². The third-order valence-electron chi connectivity index (χ3n) is 5.11. The van der Waals surface area contributed by atoms with Crippen LogP contribution in [0.3, 0.4) is 0 Å². The van der Waals surface area contributed by atoms with Gasteiger partial charge in [0.1, 0.15) is 28.4 Å². The third kappa shape index (κ3) is 4.34. The first-order valence-electron chi connectivity index (χ1n) is 9.57. The Labute approximate surface area is 181 Å². The van der Waals surface area contributed by atoms with E-state index in [1.165, 1.54) is 6.20 Å². The van der Waals surface area contributed by atoms with Crippen molar-refractivity contribution in [2.75, 3.05) is 23.3 Å². The van der Waals surface area contributed by atoms with Crippen LogP contribution in [0.1, 0.15) is 18.4 Å². The minimum Gasteiger partial charge on any atom is -0.380 e. The molecule has 0 saturated carbocycles. The van der Waals surface area contributed by atoms with Crippen molar-refractivity contribution in [3.05, 3.63) is 75.3 Å². The fourth-order valence-electron chi connectivity index (χ4n) is 3.47. The second kappa shape index (κ2) is 8.70. The van der Waals surface area contributed by atoms with Gasteiger partial charge in [-0.1, -0.05) is 11.6 Å². The Hall–Kier alpha value is -3.51. The molecular formula is C21H17ClF2N6O. The first-order valence-corrected chi connectivity index (χ1v) is 9.95. The maximum atomic E-state index is 14.0. The Morgan fingerprint density at radius 1 is 1.16 bits per heavy atom. The van der Waals surface area contributed by atoms with E-state index in [9.17, 15) is 13.6 Å². The van der Waals surface area contributed by atoms with Gasteiger partial charge < -0.3 is 10.2 Å². The number of rotatable bonds is 4. The molecule has 1 aliphatic heterocycles. The van der Waals surface area contributed by atoms with E-state index >= 15 is 0 Å². The predicted octanol–water partition coefficient (Wildman–Crippen LogP) is 3.51. The number of nitriles is 1. The molecule has 0 amide bonds. The summed E-state index contributed by atoms with van der Waals surface area (Å²) in [6, 6.07) is 8.52. The van der Waals surface area contributed by atoms with Gasteiger partial charge in [0.25, 0.3) is 5.56 Å². The first-order chi connectivity index (χ1) is 15.0. The predicted molar refractivity (Wildman–Crippen MR) is 113 cm³/mol. The summed E-state index contributed by atoms with van der Waals surface area (Å²) in [5.74, 6) is -0.850. The Balaban J connectivity index is 1.45. The van der Waals surface area contributed by atoms with Gasteiger partial charge in [-0.25, -0.2) is 13.8 Å². The standard InChI is InChI=1S/C21H17ClF2N6O/c22-20-17(12-27-30(21(20)31)18-3-2-14(23)9-16(18)24)28-15-5-7-29(8-6-15)19-4-1-13(10-25)11-26-19/h1-4,9,11-12,15,28H,5-8H2. The molecule has 0 unspecified atom stereocenters. The van der Waals surface area contributed by atoms with Gasteiger partial charge in [-0.2, -0.15) is 15.0 Å². The number of hydrogen-bond donors (Lipinski definition) is 1. The molecule has 3 aromatic rings. The van der Waals surface area contributed by atoms with E-state index in [0.717, 1.165) is 48.6 Å². The molecule has 0 radical (unpaired) electrons. The van der Waals surface area contributed by atoms with Crippen LogP contribution in [-0.4, -0.2) is 33.9 Å². The molecule has 31 heavy (non-hydrogen) atoms. The summed E-state index contributed by atoms with van der Waals surface area (Å²) in [6.45, 7) is 1.47. The summed E-state index contributed by atoms with van der Waals surface area (Å²) in [5, 5.41) is 16.0. The van der Waals surface area contributed by atoms with Crippen LogP contribution in [0.5, 0.6) is 0 Å². The molecule has 0 atom stereocenters. The number of piperidine rings is 1. The van der Waals surface area contributed by atoms with Gasteiger partial charge in [-0.15, -0.1) is 0 Å². The van der Waals surface area contributed by atoms with Crippen molar-refractivity contribution < 1.29 is 8.78 Å². The van der Waals surface area contributed by atoms with E-state index in [0.29, 0.717) is 17.3 Å². The van der Waals surface area contributed by atoms with Crippen molar-refractivity contribution in [2.24, 2.45) is 0 Å². The maximum absolute atomic E-state index is 14.0. The number of nitrogens with one attached hydrogen (secondary N) is 1. The molecule has 7 nitrogen and oxygen atoms in total. The van der Waals surface area contributed by atoms with Crippen LogP contribution in [0.25, 0.3) is 5.69 Å². The molecule has 10 heteroatoms. The zero-order chi connectivity index (χ0) is 22.0. The molecule has 1 fully saturated rings. The molecule has 2 aromatic heterocycles. The second-order valence-electron chi connectivity index (χ2n) is 7.11. The van der Waals surface area contributed by atoms with Crippen LogP contribution in [0.4, 0.5) is 20.3 Å². The smallest absolute Gasteiger partial charge is 0.292 e. The van der Waals surface area contributed by atoms with Crippen molar-refractivity contribution in [3.63, 3.8) is 0 Å². The van der Waals surface area contributed by atoms with Gasteiger partial charge in [0.2, 0.25) is 0 Å². The van der Waals surface area contributed by atoms with E-state index in [1.807, 2.05) is 12.1 Å². The van der Waals surface area contributed by atoms with E-state index < -0.39 is 17.2 Å². The van der Waals surface area contributed by atoms with Crippen molar-refractivity contribution in [1.29, 1.82) is 5.26 Å². The first kappa shape index (κ1) is 20.8. The van der Waals surface area contributed by atoms with Crippen LogP contribution in [0, 0.1) is 23.0 Å². The molecule has 0 spiro atoms. The van der Waals surface area contributed by atoms with Gasteiger partial charge >= 0.3 is 0 Å². The van der Waals surface area contributed by atoms with Crippen molar-refractivity contribution in [2.45, 2.75) is 18.9 Å². The highest BCUT2D eigenvalue weighted by Gasteiger charge is 2.22. The quantitative estimate of drug-likeness (QED) is 0.665. The number of nitrogens with zero attached hydrogens (tertiary/aromatic N) is 5. The molecule has 0 bridgehead atoms. The zero-order valence-corrected chi connectivity index (χ0v) is 17.0. The SMILES string of the molecule is N#Cc1ccc(N2CCC(Nc3cnn(-c4ccc(F)cc4F)c(=O)c3Cl)CC2)nc1. The zero-order valence-electron chi connectivity index (χ0n) is 16.2. The summed E-state index contributed by atoms with van der Waals surface area (Å²) < 4.78 is 28.0. The van der Waals surface area contributed by atoms with Gasteiger partial charge in [0, 0.05) is 31.4 Å². The molecule has 158 valence electrons. The number of anilines is 2. The van der Waals surface area contributed by atoms with E-state index in [-0.39, 0.29) is 16.8 Å². The third-order valence-corrected chi connectivity index (χ3v) is 5.48. The molecule has 1 aliphatic rings. The highest BCUT2D eigenvalue weighted by atomic mass is 35.5. The fourth-order valence-corrected chi connectivity index (χ4v) is 3.65. The monoisotopic (exact) mass is 442 g/mol. The lowest BCUT2D eigenvalue weighted by molar-refractivity contribution is 0.523. The Morgan fingerprint density at radius 3 is 2.58 bits per heavy atom. The van der Waals surface area contributed by atoms with Crippen LogP contribution in [0.15, 0.2) is 47.5 Å². The number of hydrogen-bond acceptors (Lipinski definition) is 6. The molecular weight excluding hydrogens is 426 g/mol. The van der Waals surface area contributed by atoms with Crippen LogP contribution < -0.4 is 15.8 Å². The van der Waals surface area contributed by atoms with Crippen LogP contribution in [-0.2, 0) is 0 Å². The molecule has 1 saturated heterocycles. The lowest BCUT2D eigenvalue weighted by Gasteiger charge is -2.33. The summed E-state index contributed by atoms with van der Waals surface area (Å²) in [7, 11) is 0. The summed E-state index contributed by atoms with van der Waals surface area (Å²) in [6.07, 6.45) is 4.45. The molecule has 0 aliphatic carbocycles. The summed E-state index contributed by atoms with van der Waals surface area (Å²) in [4.78, 5) is 19.0. The second-order valence-corrected chi connectivity index (χ2v) is 7.49. The summed E-state index contributed by atoms with van der Waals surface area (Å²) in [5.41, 5.74) is -0.00227. The summed E-state index contributed by atoms with van der Waals surface area (Å²) >= 11 is 6.23. The van der Waals surface area contributed by atoms with Crippen molar-refractivity contribution in [1.82, 2.24) is 14.8 Å². The number of pyridine rings is 1. The Morgan fingerprint density at radius 2 is 1.94 bits per heavy atom. The normalized spacial score (nSPS) is 14.3. The van der Waals surface area contributed by atoms with Gasteiger partial charge in [0.05, 0.1) is 17.4 Å². The number of benzene rings is 1. The lowest BCUT2D eigenvalue weighted by Crippen LogP contribution is -2.39. The minimum atomic E-state index is -0.907. The van der Waals surface area contributed by atoms with E-state index in [4.69, 9.17) is 16.9 Å². The highest BCUT2D eigenvalue weighted by Crippen LogP contribution is 2.24. The van der Waals surface area contributed by atoms with Crippen molar-refractivity contribution in [3.8, 4) is 11.8 Å². The molecule has 1 N–H and O–H groups in total. The largest absolute Gasteiger partial charge is 0.380 e. The van der Waals surface area contributed by atoms with Crippen LogP contribution in [0.2, 0.25) is 5.02 Å². The molecule has 4 rings (SSSR count). The minimum absolute atomic E-state index is 0.0618. The molecule has 1 aromatic carbocycles. The topological polar surface area (TPSA) is 86.8 Å². The van der Waals surface area contributed by atoms with Gasteiger partial charge in [-0.05, 0) is 37.1 Å². The van der Waals surface area contributed by atoms with Gasteiger partial charge in [0.15, 0.2) is 5.82 Å².